The molecule has 0 aliphatic heterocycles. The summed E-state index contributed by atoms with van der Waals surface area (Å²) in [6.45, 7) is 2.06. The number of carbonyl (C=O) groups excluding carboxylic acids is 1. The molecule has 9 heteroatoms. The Morgan fingerprint density at radius 1 is 1.22 bits per heavy atom. The summed E-state index contributed by atoms with van der Waals surface area (Å²) in [7, 11) is 0. The van der Waals surface area contributed by atoms with Gasteiger partial charge < -0.3 is 0 Å². The van der Waals surface area contributed by atoms with E-state index in [4.69, 9.17) is 34.8 Å². The van der Waals surface area contributed by atoms with Gasteiger partial charge in [0.25, 0.3) is 5.91 Å². The van der Waals surface area contributed by atoms with Gasteiger partial charge in [-0.2, -0.15) is 0 Å². The zero-order valence-corrected chi connectivity index (χ0v) is 15.7. The average Bonchev–Trinajstić information content (AvgIpc) is 3.04. The molecule has 0 aliphatic rings. The Hall–Kier alpha value is -0.920. The first-order valence-electron chi connectivity index (χ1n) is 6.70. The summed E-state index contributed by atoms with van der Waals surface area (Å²) in [5.74, 6) is -0.331. The first-order chi connectivity index (χ1) is 11.0. The number of anilines is 1. The van der Waals surface area contributed by atoms with E-state index in [9.17, 15) is 4.79 Å². The summed E-state index contributed by atoms with van der Waals surface area (Å²) < 4.78 is 0.765. The van der Waals surface area contributed by atoms with Crippen molar-refractivity contribution in [1.82, 2.24) is 10.2 Å². The molecule has 0 aliphatic carbocycles. The second kappa shape index (κ2) is 6.91. The zero-order chi connectivity index (χ0) is 16.6. The third-order valence-electron chi connectivity index (χ3n) is 3.01. The van der Waals surface area contributed by atoms with Crippen LogP contribution in [-0.2, 0) is 6.42 Å². The number of benzene rings is 1. The van der Waals surface area contributed by atoms with Crippen molar-refractivity contribution in [2.45, 2.75) is 19.8 Å². The average molecular weight is 407 g/mol. The fourth-order valence-electron chi connectivity index (χ4n) is 2.03. The lowest BCUT2D eigenvalue weighted by atomic mass is 10.2. The number of hydrogen-bond acceptors (Lipinski definition) is 5. The molecule has 0 unspecified atom stereocenters. The van der Waals surface area contributed by atoms with Gasteiger partial charge in [0, 0.05) is 21.5 Å². The van der Waals surface area contributed by atoms with Crippen molar-refractivity contribution >= 4 is 78.6 Å². The van der Waals surface area contributed by atoms with Crippen LogP contribution in [0.25, 0.3) is 10.1 Å². The summed E-state index contributed by atoms with van der Waals surface area (Å²) >= 11 is 21.1. The molecule has 2 heterocycles. The van der Waals surface area contributed by atoms with Crippen molar-refractivity contribution in [3.63, 3.8) is 0 Å². The molecular weight excluding hydrogens is 397 g/mol. The monoisotopic (exact) mass is 405 g/mol. The number of hydrogen-bond donors (Lipinski definition) is 1. The third kappa shape index (κ3) is 3.46. The maximum Gasteiger partial charge on any atom is 0.269 e. The van der Waals surface area contributed by atoms with E-state index in [0.29, 0.717) is 30.5 Å². The molecule has 0 spiro atoms. The quantitative estimate of drug-likeness (QED) is 0.585. The van der Waals surface area contributed by atoms with Crippen molar-refractivity contribution in [3.8, 4) is 0 Å². The number of carbonyl (C=O) groups is 1. The number of aryl methyl sites for hydroxylation is 1. The molecule has 3 rings (SSSR count). The highest BCUT2D eigenvalue weighted by molar-refractivity contribution is 7.22. The van der Waals surface area contributed by atoms with Gasteiger partial charge >= 0.3 is 0 Å². The van der Waals surface area contributed by atoms with E-state index in [1.54, 1.807) is 12.1 Å². The summed E-state index contributed by atoms with van der Waals surface area (Å²) in [4.78, 5) is 12.8. The van der Waals surface area contributed by atoms with Crippen LogP contribution < -0.4 is 5.32 Å². The Kier molecular flexibility index (Phi) is 5.08. The molecule has 0 bridgehead atoms. The Labute approximate surface area is 155 Å². The normalized spacial score (nSPS) is 11.1. The fraction of sp³-hybridized carbons (Fsp3) is 0.214. The second-order valence-electron chi connectivity index (χ2n) is 4.71. The minimum Gasteiger partial charge on any atom is -0.296 e. The first kappa shape index (κ1) is 16.9. The molecule has 1 aromatic carbocycles. The number of thiophene rings is 1. The molecule has 1 N–H and O–H groups in total. The van der Waals surface area contributed by atoms with E-state index >= 15 is 0 Å². The molecule has 4 nitrogen and oxygen atoms in total. The summed E-state index contributed by atoms with van der Waals surface area (Å²) in [6.07, 6.45) is 1.81. The fourth-order valence-corrected chi connectivity index (χ4v) is 5.14. The predicted molar refractivity (Wildman–Crippen MR) is 98.7 cm³/mol. The highest BCUT2D eigenvalue weighted by atomic mass is 35.5. The lowest BCUT2D eigenvalue weighted by Gasteiger charge is -1.99. The Morgan fingerprint density at radius 2 is 2.00 bits per heavy atom. The van der Waals surface area contributed by atoms with Crippen LogP contribution in [0.5, 0.6) is 0 Å². The summed E-state index contributed by atoms with van der Waals surface area (Å²) in [5, 5.41) is 14.0. The largest absolute Gasteiger partial charge is 0.296 e. The highest BCUT2D eigenvalue weighted by Gasteiger charge is 2.20. The van der Waals surface area contributed by atoms with Crippen molar-refractivity contribution < 1.29 is 4.79 Å². The van der Waals surface area contributed by atoms with Gasteiger partial charge in [-0.25, -0.2) is 0 Å². The lowest BCUT2D eigenvalue weighted by Crippen LogP contribution is -2.10. The standard InChI is InChI=1S/C14H10Cl3N3OS2/c1-2-3-9-19-20-14(23-9)18-13(21)12-11(17)10-7(16)4-6(15)5-8(10)22-12/h4-5H,2-3H2,1H3,(H,18,20,21). The van der Waals surface area contributed by atoms with Gasteiger partial charge in [-0.05, 0) is 18.6 Å². The predicted octanol–water partition coefficient (Wildman–Crippen LogP) is 5.92. The van der Waals surface area contributed by atoms with Crippen molar-refractivity contribution in [2.75, 3.05) is 5.32 Å². The minimum absolute atomic E-state index is 0.322. The molecule has 0 saturated heterocycles. The minimum atomic E-state index is -0.331. The third-order valence-corrected chi connectivity index (χ3v) is 6.05. The van der Waals surface area contributed by atoms with E-state index in [-0.39, 0.29) is 5.91 Å². The molecule has 120 valence electrons. The highest BCUT2D eigenvalue weighted by Crippen LogP contribution is 2.41. The molecule has 23 heavy (non-hydrogen) atoms. The molecule has 2 aromatic heterocycles. The smallest absolute Gasteiger partial charge is 0.269 e. The molecule has 3 aromatic rings. The van der Waals surface area contributed by atoms with Gasteiger partial charge in [0.15, 0.2) is 0 Å². The van der Waals surface area contributed by atoms with Gasteiger partial charge in [0.05, 0.1) is 10.0 Å². The van der Waals surface area contributed by atoms with E-state index in [1.807, 2.05) is 0 Å². The number of amides is 1. The van der Waals surface area contributed by atoms with Crippen LogP contribution in [0.15, 0.2) is 12.1 Å². The van der Waals surface area contributed by atoms with E-state index < -0.39 is 0 Å². The number of nitrogens with one attached hydrogen (secondary N) is 1. The van der Waals surface area contributed by atoms with E-state index in [0.717, 1.165) is 22.5 Å². The van der Waals surface area contributed by atoms with Crippen molar-refractivity contribution in [1.29, 1.82) is 0 Å². The molecule has 0 atom stereocenters. The van der Waals surface area contributed by atoms with Gasteiger partial charge in [0.2, 0.25) is 5.13 Å². The second-order valence-corrected chi connectivity index (χ2v) is 8.05. The maximum absolute atomic E-state index is 12.4. The number of fused-ring (bicyclic) bond motifs is 1. The molecular formula is C14H10Cl3N3OS2. The number of halogens is 3. The van der Waals surface area contributed by atoms with Crippen LogP contribution in [0.1, 0.15) is 28.0 Å². The van der Waals surface area contributed by atoms with Crippen LogP contribution in [-0.4, -0.2) is 16.1 Å². The van der Waals surface area contributed by atoms with Gasteiger partial charge in [-0.1, -0.05) is 53.1 Å². The van der Waals surface area contributed by atoms with Gasteiger partial charge in [-0.3, -0.25) is 10.1 Å². The van der Waals surface area contributed by atoms with E-state index in [1.165, 1.54) is 22.7 Å². The zero-order valence-electron chi connectivity index (χ0n) is 11.8. The Bertz CT molecular complexity index is 891. The topological polar surface area (TPSA) is 54.9 Å². The number of rotatable bonds is 4. The van der Waals surface area contributed by atoms with Gasteiger partial charge in [0.1, 0.15) is 9.88 Å². The van der Waals surface area contributed by atoms with Crippen LogP contribution in [0.4, 0.5) is 5.13 Å². The van der Waals surface area contributed by atoms with Crippen molar-refractivity contribution in [2.24, 2.45) is 0 Å². The van der Waals surface area contributed by atoms with E-state index in [2.05, 4.69) is 22.4 Å². The van der Waals surface area contributed by atoms with Crippen LogP contribution in [0.3, 0.4) is 0 Å². The number of nitrogens with zero attached hydrogens (tertiary/aromatic N) is 2. The summed E-state index contributed by atoms with van der Waals surface area (Å²) in [5.41, 5.74) is 0. The van der Waals surface area contributed by atoms with Crippen LogP contribution in [0.2, 0.25) is 15.1 Å². The Balaban J connectivity index is 1.91. The molecule has 0 fully saturated rings. The maximum atomic E-state index is 12.4. The molecule has 1 amide bonds. The lowest BCUT2D eigenvalue weighted by molar-refractivity contribution is 0.103. The van der Waals surface area contributed by atoms with Crippen LogP contribution >= 0.6 is 57.5 Å². The first-order valence-corrected chi connectivity index (χ1v) is 9.47. The van der Waals surface area contributed by atoms with Gasteiger partial charge in [-0.15, -0.1) is 21.5 Å². The van der Waals surface area contributed by atoms with Crippen LogP contribution in [0, 0.1) is 0 Å². The molecule has 0 radical (unpaired) electrons. The molecule has 0 saturated carbocycles. The summed E-state index contributed by atoms with van der Waals surface area (Å²) in [6, 6.07) is 3.34. The SMILES string of the molecule is CCCc1nnc(NC(=O)c2sc3cc(Cl)cc(Cl)c3c2Cl)s1. The Morgan fingerprint density at radius 3 is 2.74 bits per heavy atom. The number of aromatic nitrogens is 2. The van der Waals surface area contributed by atoms with Crippen molar-refractivity contribution in [3.05, 3.63) is 37.1 Å².